The van der Waals surface area contributed by atoms with Gasteiger partial charge >= 0.3 is 0 Å². The minimum atomic E-state index is -0.188. The van der Waals surface area contributed by atoms with Crippen LogP contribution in [-0.2, 0) is 4.79 Å². The van der Waals surface area contributed by atoms with Gasteiger partial charge in [0.05, 0.1) is 6.61 Å². The van der Waals surface area contributed by atoms with Gasteiger partial charge < -0.3 is 14.5 Å². The van der Waals surface area contributed by atoms with Gasteiger partial charge in [0, 0.05) is 17.7 Å². The maximum Gasteiger partial charge on any atom is 0.248 e. The molecule has 2 unspecified atom stereocenters. The summed E-state index contributed by atoms with van der Waals surface area (Å²) in [6, 6.07) is 11.2. The van der Waals surface area contributed by atoms with Gasteiger partial charge in [-0.1, -0.05) is 6.92 Å². The number of nitrogens with one attached hydrogen (secondary N) is 1. The summed E-state index contributed by atoms with van der Waals surface area (Å²) in [7, 11) is 0. The van der Waals surface area contributed by atoms with Crippen LogP contribution >= 0.6 is 0 Å². The summed E-state index contributed by atoms with van der Waals surface area (Å²) in [6.07, 6.45) is 4.37. The monoisotopic (exact) mass is 311 g/mol. The molecule has 4 nitrogen and oxygen atoms in total. The van der Waals surface area contributed by atoms with E-state index in [-0.39, 0.29) is 5.91 Å². The molecule has 2 atom stereocenters. The van der Waals surface area contributed by atoms with Gasteiger partial charge in [-0.15, -0.1) is 0 Å². The highest BCUT2D eigenvalue weighted by Gasteiger charge is 2.36. The molecule has 0 aliphatic heterocycles. The van der Waals surface area contributed by atoms with Gasteiger partial charge in [0.15, 0.2) is 0 Å². The summed E-state index contributed by atoms with van der Waals surface area (Å²) >= 11 is 0. The number of carbonyl (C=O) groups is 1. The van der Waals surface area contributed by atoms with Crippen LogP contribution in [0.1, 0.15) is 37.7 Å². The quantitative estimate of drug-likeness (QED) is 0.802. The molecule has 3 rings (SSSR count). The molecule has 4 heteroatoms. The number of benzene rings is 1. The van der Waals surface area contributed by atoms with Crippen molar-refractivity contribution >= 4 is 17.7 Å². The minimum Gasteiger partial charge on any atom is -0.494 e. The second-order valence-corrected chi connectivity index (χ2v) is 5.84. The molecule has 1 saturated carbocycles. The average Bonchev–Trinajstić information content (AvgIpc) is 3.09. The first-order valence-electron chi connectivity index (χ1n) is 7.97. The molecule has 1 heterocycles. The average molecular weight is 311 g/mol. The summed E-state index contributed by atoms with van der Waals surface area (Å²) in [4.78, 5) is 11.9. The number of amides is 1. The molecule has 1 aromatic carbocycles. The fourth-order valence-corrected chi connectivity index (χ4v) is 2.52. The second-order valence-electron chi connectivity index (χ2n) is 5.84. The Morgan fingerprint density at radius 2 is 2.04 bits per heavy atom. The SMILES string of the molecule is CCOc1ccc(NC(=O)/C=C/c2ccc(C3CC3C)o2)cc1. The number of rotatable bonds is 6. The van der Waals surface area contributed by atoms with Crippen LogP contribution < -0.4 is 10.1 Å². The molecule has 1 aliphatic rings. The lowest BCUT2D eigenvalue weighted by atomic mass is 10.3. The third-order valence-electron chi connectivity index (χ3n) is 3.95. The molecule has 0 spiro atoms. The number of hydrogen-bond donors (Lipinski definition) is 1. The van der Waals surface area contributed by atoms with Crippen molar-refractivity contribution in [1.82, 2.24) is 0 Å². The molecule has 1 amide bonds. The van der Waals surface area contributed by atoms with E-state index in [1.807, 2.05) is 43.3 Å². The minimum absolute atomic E-state index is 0.188. The molecule has 1 N–H and O–H groups in total. The van der Waals surface area contributed by atoms with Gasteiger partial charge in [-0.2, -0.15) is 0 Å². The second kappa shape index (κ2) is 6.73. The van der Waals surface area contributed by atoms with E-state index in [4.69, 9.17) is 9.15 Å². The number of anilines is 1. The lowest BCUT2D eigenvalue weighted by Gasteiger charge is -2.05. The highest BCUT2D eigenvalue weighted by molar-refractivity contribution is 6.01. The Morgan fingerprint density at radius 1 is 1.30 bits per heavy atom. The van der Waals surface area contributed by atoms with Crippen LogP contribution in [0.15, 0.2) is 46.9 Å². The third kappa shape index (κ3) is 4.03. The Kier molecular flexibility index (Phi) is 4.51. The molecule has 0 saturated heterocycles. The zero-order chi connectivity index (χ0) is 16.2. The van der Waals surface area contributed by atoms with Gasteiger partial charge in [0.1, 0.15) is 17.3 Å². The van der Waals surface area contributed by atoms with Crippen molar-refractivity contribution in [1.29, 1.82) is 0 Å². The lowest BCUT2D eigenvalue weighted by molar-refractivity contribution is -0.111. The first kappa shape index (κ1) is 15.4. The number of hydrogen-bond acceptors (Lipinski definition) is 3. The van der Waals surface area contributed by atoms with Crippen LogP contribution in [0.4, 0.5) is 5.69 Å². The van der Waals surface area contributed by atoms with E-state index in [1.54, 1.807) is 6.08 Å². The molecule has 1 aromatic heterocycles. The maximum absolute atomic E-state index is 11.9. The van der Waals surface area contributed by atoms with Crippen LogP contribution in [-0.4, -0.2) is 12.5 Å². The van der Waals surface area contributed by atoms with Crippen molar-refractivity contribution in [3.63, 3.8) is 0 Å². The van der Waals surface area contributed by atoms with Crippen LogP contribution in [0.5, 0.6) is 5.75 Å². The normalized spacial score (nSPS) is 19.7. The molecule has 23 heavy (non-hydrogen) atoms. The Hall–Kier alpha value is -2.49. The molecule has 1 aliphatic carbocycles. The first-order valence-corrected chi connectivity index (χ1v) is 7.97. The number of furan rings is 1. The summed E-state index contributed by atoms with van der Waals surface area (Å²) in [6.45, 7) is 4.77. The Balaban J connectivity index is 1.55. The number of ether oxygens (including phenoxy) is 1. The van der Waals surface area contributed by atoms with E-state index in [9.17, 15) is 4.79 Å². The van der Waals surface area contributed by atoms with Crippen molar-refractivity contribution in [3.8, 4) is 5.75 Å². The smallest absolute Gasteiger partial charge is 0.248 e. The highest BCUT2D eigenvalue weighted by Crippen LogP contribution is 2.47. The molecular formula is C19H21NO3. The number of carbonyl (C=O) groups excluding carboxylic acids is 1. The van der Waals surface area contributed by atoms with Crippen LogP contribution in [0.25, 0.3) is 6.08 Å². The maximum atomic E-state index is 11.9. The fourth-order valence-electron chi connectivity index (χ4n) is 2.52. The highest BCUT2D eigenvalue weighted by atomic mass is 16.5. The van der Waals surface area contributed by atoms with E-state index in [2.05, 4.69) is 12.2 Å². The van der Waals surface area contributed by atoms with Crippen molar-refractivity contribution in [3.05, 3.63) is 54.0 Å². The van der Waals surface area contributed by atoms with E-state index >= 15 is 0 Å². The fraction of sp³-hybridized carbons (Fsp3) is 0.316. The Bertz CT molecular complexity index is 700. The third-order valence-corrected chi connectivity index (χ3v) is 3.95. The van der Waals surface area contributed by atoms with E-state index in [0.29, 0.717) is 24.2 Å². The molecule has 0 radical (unpaired) electrons. The first-order chi connectivity index (χ1) is 11.2. The standard InChI is InChI=1S/C19H21NO3/c1-3-22-15-6-4-14(5-7-15)20-19(21)11-9-16-8-10-18(23-16)17-12-13(17)2/h4-11,13,17H,3,12H2,1-2H3,(H,20,21)/b11-9+. The summed E-state index contributed by atoms with van der Waals surface area (Å²) in [5.41, 5.74) is 0.732. The Morgan fingerprint density at radius 3 is 2.70 bits per heavy atom. The van der Waals surface area contributed by atoms with Crippen molar-refractivity contribution in [2.24, 2.45) is 5.92 Å². The van der Waals surface area contributed by atoms with Crippen LogP contribution in [0.2, 0.25) is 0 Å². The summed E-state index contributed by atoms with van der Waals surface area (Å²) < 4.78 is 11.1. The molecule has 0 bridgehead atoms. The van der Waals surface area contributed by atoms with Gasteiger partial charge in [0.2, 0.25) is 5.91 Å². The van der Waals surface area contributed by atoms with E-state index in [0.717, 1.165) is 17.2 Å². The van der Waals surface area contributed by atoms with Gasteiger partial charge in [-0.3, -0.25) is 4.79 Å². The zero-order valence-corrected chi connectivity index (χ0v) is 13.4. The molecule has 120 valence electrons. The lowest BCUT2D eigenvalue weighted by Crippen LogP contribution is -2.07. The van der Waals surface area contributed by atoms with E-state index in [1.165, 1.54) is 12.5 Å². The molecular weight excluding hydrogens is 290 g/mol. The topological polar surface area (TPSA) is 51.5 Å². The predicted molar refractivity (Wildman–Crippen MR) is 90.5 cm³/mol. The summed E-state index contributed by atoms with van der Waals surface area (Å²) in [5.74, 6) is 3.59. The van der Waals surface area contributed by atoms with Crippen molar-refractivity contribution < 1.29 is 13.9 Å². The largest absolute Gasteiger partial charge is 0.494 e. The van der Waals surface area contributed by atoms with Crippen molar-refractivity contribution in [2.75, 3.05) is 11.9 Å². The van der Waals surface area contributed by atoms with Crippen molar-refractivity contribution in [2.45, 2.75) is 26.2 Å². The van der Waals surface area contributed by atoms with Gasteiger partial charge in [0.25, 0.3) is 0 Å². The Labute approximate surface area is 136 Å². The molecule has 1 fully saturated rings. The van der Waals surface area contributed by atoms with Gasteiger partial charge in [-0.25, -0.2) is 0 Å². The summed E-state index contributed by atoms with van der Waals surface area (Å²) in [5, 5.41) is 2.81. The van der Waals surface area contributed by atoms with Crippen LogP contribution in [0, 0.1) is 5.92 Å². The van der Waals surface area contributed by atoms with Gasteiger partial charge in [-0.05, 0) is 61.7 Å². The zero-order valence-electron chi connectivity index (χ0n) is 13.4. The molecule has 2 aromatic rings. The van der Waals surface area contributed by atoms with Crippen LogP contribution in [0.3, 0.4) is 0 Å². The predicted octanol–water partition coefficient (Wildman–Crippen LogP) is 4.45. The van der Waals surface area contributed by atoms with E-state index < -0.39 is 0 Å².